The minimum absolute atomic E-state index is 0.00245. The summed E-state index contributed by atoms with van der Waals surface area (Å²) in [6, 6.07) is 5.31. The number of anilines is 1. The number of hydrogen-bond acceptors (Lipinski definition) is 11. The number of thiazole rings is 1. The standard InChI is InChI=1S/C31H27F6N5O6S3/c32-30(33,34)20-10-18(11-21(13-20)31(35,36)37)17-1-2-23(48-8-5-41-3-6-47-7-4-41)19(9-17)12-24-27(46)42(29(49)51-24)38-15-25(43)40-28-39-22(16-50-28)14-26(44)45/h1-2,9-13,16,38H,3-8,14-15H2,(H,44,45)(H,39,40,43). The van der Waals surface area contributed by atoms with E-state index in [-0.39, 0.29) is 61.6 Å². The van der Waals surface area contributed by atoms with Crippen LogP contribution in [0.2, 0.25) is 0 Å². The predicted octanol–water partition coefficient (Wildman–Crippen LogP) is 5.53. The van der Waals surface area contributed by atoms with Crippen LogP contribution in [0.1, 0.15) is 22.4 Å². The zero-order valence-corrected chi connectivity index (χ0v) is 28.5. The van der Waals surface area contributed by atoms with Crippen LogP contribution in [0.4, 0.5) is 31.5 Å². The number of morpholine rings is 1. The molecule has 2 aliphatic heterocycles. The Labute approximate surface area is 299 Å². The van der Waals surface area contributed by atoms with E-state index in [4.69, 9.17) is 26.8 Å². The van der Waals surface area contributed by atoms with Crippen LogP contribution in [0.15, 0.2) is 46.7 Å². The second-order valence-electron chi connectivity index (χ2n) is 11.0. The highest BCUT2D eigenvalue weighted by Gasteiger charge is 2.37. The zero-order valence-electron chi connectivity index (χ0n) is 26.1. The number of nitrogens with one attached hydrogen (secondary N) is 2. The van der Waals surface area contributed by atoms with E-state index in [1.54, 1.807) is 0 Å². The van der Waals surface area contributed by atoms with Gasteiger partial charge in [0.05, 0.1) is 47.9 Å². The third kappa shape index (κ3) is 10.3. The number of rotatable bonds is 12. The maximum Gasteiger partial charge on any atom is 0.416 e. The van der Waals surface area contributed by atoms with Gasteiger partial charge < -0.3 is 19.9 Å². The zero-order chi connectivity index (χ0) is 36.9. The second kappa shape index (κ2) is 16.1. The van der Waals surface area contributed by atoms with Crippen LogP contribution < -0.4 is 15.5 Å². The van der Waals surface area contributed by atoms with Gasteiger partial charge in [-0.2, -0.15) is 26.3 Å². The van der Waals surface area contributed by atoms with E-state index in [0.29, 0.717) is 45.0 Å². The third-order valence-electron chi connectivity index (χ3n) is 7.31. The first-order chi connectivity index (χ1) is 24.1. The summed E-state index contributed by atoms with van der Waals surface area (Å²) >= 11 is 7.18. The highest BCUT2D eigenvalue weighted by Crippen LogP contribution is 2.40. The van der Waals surface area contributed by atoms with Crippen LogP contribution in [0.25, 0.3) is 17.2 Å². The Morgan fingerprint density at radius 3 is 2.37 bits per heavy atom. The van der Waals surface area contributed by atoms with Crippen LogP contribution in [-0.4, -0.2) is 88.1 Å². The molecule has 20 heteroatoms. The summed E-state index contributed by atoms with van der Waals surface area (Å²) in [7, 11) is 0. The first kappa shape index (κ1) is 38.2. The topological polar surface area (TPSA) is 133 Å². The maximum absolute atomic E-state index is 13.6. The number of benzene rings is 2. The Hall–Kier alpha value is -4.08. The fraction of sp³-hybridized carbons (Fsp3) is 0.323. The van der Waals surface area contributed by atoms with E-state index in [1.807, 2.05) is 0 Å². The molecule has 0 unspecified atom stereocenters. The molecule has 3 heterocycles. The summed E-state index contributed by atoms with van der Waals surface area (Å²) in [6.45, 7) is 2.69. The number of alkyl halides is 6. The van der Waals surface area contributed by atoms with Crippen molar-refractivity contribution in [3.8, 4) is 16.9 Å². The van der Waals surface area contributed by atoms with Gasteiger partial charge in [0, 0.05) is 30.6 Å². The largest absolute Gasteiger partial charge is 0.492 e. The average molecular weight is 776 g/mol. The first-order valence-corrected chi connectivity index (χ1v) is 17.0. The Balaban J connectivity index is 1.38. The van der Waals surface area contributed by atoms with Crippen molar-refractivity contribution in [2.24, 2.45) is 0 Å². The van der Waals surface area contributed by atoms with Crippen molar-refractivity contribution in [3.63, 3.8) is 0 Å². The van der Waals surface area contributed by atoms with Crippen LogP contribution in [0, 0.1) is 0 Å². The molecular weight excluding hydrogens is 749 g/mol. The van der Waals surface area contributed by atoms with Crippen molar-refractivity contribution in [2.45, 2.75) is 18.8 Å². The quantitative estimate of drug-likeness (QED) is 0.122. The van der Waals surface area contributed by atoms with Crippen molar-refractivity contribution in [1.82, 2.24) is 20.3 Å². The third-order valence-corrected chi connectivity index (χ3v) is 9.42. The molecule has 0 spiro atoms. The highest BCUT2D eigenvalue weighted by atomic mass is 32.2. The van der Waals surface area contributed by atoms with E-state index >= 15 is 0 Å². The van der Waals surface area contributed by atoms with Gasteiger partial charge in [-0.25, -0.2) is 15.4 Å². The molecule has 1 aromatic heterocycles. The van der Waals surface area contributed by atoms with Crippen LogP contribution >= 0.6 is 35.3 Å². The van der Waals surface area contributed by atoms with E-state index < -0.39 is 47.8 Å². The van der Waals surface area contributed by atoms with Crippen molar-refractivity contribution < 1.29 is 55.3 Å². The highest BCUT2D eigenvalue weighted by molar-refractivity contribution is 8.26. The Kier molecular flexibility index (Phi) is 12.0. The summed E-state index contributed by atoms with van der Waals surface area (Å²) in [5.74, 6) is -2.18. The van der Waals surface area contributed by atoms with Gasteiger partial charge in [-0.15, -0.1) is 11.3 Å². The lowest BCUT2D eigenvalue weighted by atomic mass is 9.97. The Morgan fingerprint density at radius 2 is 1.73 bits per heavy atom. The molecule has 51 heavy (non-hydrogen) atoms. The van der Waals surface area contributed by atoms with Gasteiger partial charge in [-0.1, -0.05) is 30.0 Å². The maximum atomic E-state index is 13.6. The number of carboxylic acids is 1. The lowest BCUT2D eigenvalue weighted by Gasteiger charge is -2.26. The molecule has 11 nitrogen and oxygen atoms in total. The van der Waals surface area contributed by atoms with Gasteiger partial charge in [-0.3, -0.25) is 19.3 Å². The molecule has 0 atom stereocenters. The number of halogens is 6. The van der Waals surface area contributed by atoms with Gasteiger partial charge in [-0.05, 0) is 47.5 Å². The number of aliphatic carboxylic acids is 1. The van der Waals surface area contributed by atoms with Crippen LogP contribution in [0.5, 0.6) is 5.75 Å². The van der Waals surface area contributed by atoms with Crippen molar-refractivity contribution in [3.05, 3.63) is 69.1 Å². The number of hydrazine groups is 1. The summed E-state index contributed by atoms with van der Waals surface area (Å²) in [5, 5.41) is 13.9. The van der Waals surface area contributed by atoms with E-state index in [1.165, 1.54) is 29.7 Å². The molecule has 0 bridgehead atoms. The number of hydrogen-bond donors (Lipinski definition) is 3. The molecule has 0 aliphatic carbocycles. The number of thioether (sulfide) groups is 1. The molecule has 2 aliphatic rings. The van der Waals surface area contributed by atoms with Crippen molar-refractivity contribution in [2.75, 3.05) is 51.3 Å². The van der Waals surface area contributed by atoms with Gasteiger partial charge in [0.15, 0.2) is 9.45 Å². The van der Waals surface area contributed by atoms with Gasteiger partial charge >= 0.3 is 18.3 Å². The molecule has 2 saturated heterocycles. The number of nitrogens with zero attached hydrogens (tertiary/aromatic N) is 3. The fourth-order valence-corrected chi connectivity index (χ4v) is 6.80. The molecule has 5 rings (SSSR count). The number of carboxylic acid groups (broad SMARTS) is 1. The van der Waals surface area contributed by atoms with E-state index in [0.717, 1.165) is 28.1 Å². The number of carbonyl (C=O) groups excluding carboxylic acids is 2. The smallest absolute Gasteiger partial charge is 0.416 e. The summed E-state index contributed by atoms with van der Waals surface area (Å²) in [6.07, 6.45) is -9.08. The average Bonchev–Trinajstić information content (AvgIpc) is 3.60. The van der Waals surface area contributed by atoms with Crippen molar-refractivity contribution in [1.29, 1.82) is 0 Å². The monoisotopic (exact) mass is 775 g/mol. The predicted molar refractivity (Wildman–Crippen MR) is 180 cm³/mol. The van der Waals surface area contributed by atoms with E-state index in [9.17, 15) is 40.7 Å². The number of thiocarbonyl (C=S) groups is 1. The Bertz CT molecular complexity index is 1810. The molecule has 0 saturated carbocycles. The molecule has 2 fully saturated rings. The second-order valence-corrected chi connectivity index (χ2v) is 13.5. The lowest BCUT2D eigenvalue weighted by Crippen LogP contribution is -2.44. The Morgan fingerprint density at radius 1 is 1.04 bits per heavy atom. The fourth-order valence-electron chi connectivity index (χ4n) is 4.86. The molecule has 2 aromatic carbocycles. The number of aromatic nitrogens is 1. The van der Waals surface area contributed by atoms with Crippen molar-refractivity contribution >= 4 is 68.6 Å². The van der Waals surface area contributed by atoms with Gasteiger partial charge in [0.25, 0.3) is 5.91 Å². The number of amides is 2. The van der Waals surface area contributed by atoms with Gasteiger partial charge in [0.2, 0.25) is 5.91 Å². The molecule has 3 aromatic rings. The minimum Gasteiger partial charge on any atom is -0.492 e. The summed E-state index contributed by atoms with van der Waals surface area (Å²) in [4.78, 5) is 42.9. The van der Waals surface area contributed by atoms with E-state index in [2.05, 4.69) is 20.6 Å². The molecule has 3 N–H and O–H groups in total. The molecule has 272 valence electrons. The van der Waals surface area contributed by atoms with Gasteiger partial charge in [0.1, 0.15) is 12.4 Å². The molecular formula is C31H27F6N5O6S3. The van der Waals surface area contributed by atoms with Crippen LogP contribution in [-0.2, 0) is 37.9 Å². The molecule has 2 amide bonds. The summed E-state index contributed by atoms with van der Waals surface area (Å²) < 4.78 is 93.1. The summed E-state index contributed by atoms with van der Waals surface area (Å²) in [5.41, 5.74) is -0.281. The molecule has 0 radical (unpaired) electrons. The SMILES string of the molecule is O=C(O)Cc1csc(NC(=O)CNN2C(=O)C(=Cc3cc(-c4cc(C(F)(F)F)cc(C(F)(F)F)c4)ccc3OCCN3CCOCC3)SC2=S)n1. The normalized spacial score (nSPS) is 16.6. The minimum atomic E-state index is -5.05. The first-order valence-electron chi connectivity index (χ1n) is 14.9. The van der Waals surface area contributed by atoms with Crippen LogP contribution in [0.3, 0.4) is 0 Å². The number of carbonyl (C=O) groups is 3. The number of ether oxygens (including phenoxy) is 2. The lowest BCUT2D eigenvalue weighted by molar-refractivity contribution is -0.143.